The summed E-state index contributed by atoms with van der Waals surface area (Å²) in [4.78, 5) is 23.1. The third-order valence-electron chi connectivity index (χ3n) is 2.85. The highest BCUT2D eigenvalue weighted by atomic mass is 16.5. The molecule has 0 bridgehead atoms. The first kappa shape index (κ1) is 11.4. The Balaban J connectivity index is 2.47. The summed E-state index contributed by atoms with van der Waals surface area (Å²) >= 11 is 0. The lowest BCUT2D eigenvalue weighted by Gasteiger charge is -2.24. The predicted octanol–water partition coefficient (Wildman–Crippen LogP) is 1.60. The van der Waals surface area contributed by atoms with E-state index in [4.69, 9.17) is 4.74 Å². The van der Waals surface area contributed by atoms with Gasteiger partial charge < -0.3 is 4.74 Å². The summed E-state index contributed by atoms with van der Waals surface area (Å²) in [5.74, 6) is 0.352. The Morgan fingerprint density at radius 1 is 1.57 bits per heavy atom. The SMILES string of the molecule is COCCC(=O)C1CC(C)CCC1=O. The summed E-state index contributed by atoms with van der Waals surface area (Å²) in [6.45, 7) is 2.53. The van der Waals surface area contributed by atoms with E-state index >= 15 is 0 Å². The molecule has 2 unspecified atom stereocenters. The predicted molar refractivity (Wildman–Crippen MR) is 53.0 cm³/mol. The number of Topliss-reactive ketones (excluding diaryl/α,β-unsaturated/α-hetero) is 2. The molecule has 0 heterocycles. The fourth-order valence-electron chi connectivity index (χ4n) is 1.90. The van der Waals surface area contributed by atoms with Crippen molar-refractivity contribution in [2.45, 2.75) is 32.6 Å². The molecule has 1 saturated carbocycles. The van der Waals surface area contributed by atoms with E-state index in [1.807, 2.05) is 0 Å². The second kappa shape index (κ2) is 5.25. The van der Waals surface area contributed by atoms with E-state index in [0.717, 1.165) is 12.8 Å². The molecule has 0 aromatic rings. The van der Waals surface area contributed by atoms with E-state index in [1.54, 1.807) is 7.11 Å². The van der Waals surface area contributed by atoms with Crippen molar-refractivity contribution >= 4 is 11.6 Å². The molecule has 0 aromatic heterocycles. The summed E-state index contributed by atoms with van der Waals surface area (Å²) in [5.41, 5.74) is 0. The van der Waals surface area contributed by atoms with E-state index < -0.39 is 0 Å². The van der Waals surface area contributed by atoms with Gasteiger partial charge in [-0.25, -0.2) is 0 Å². The number of ether oxygens (including phenoxy) is 1. The van der Waals surface area contributed by atoms with Gasteiger partial charge in [-0.15, -0.1) is 0 Å². The first-order valence-corrected chi connectivity index (χ1v) is 5.19. The van der Waals surface area contributed by atoms with Gasteiger partial charge in [0.15, 0.2) is 0 Å². The molecule has 0 radical (unpaired) electrons. The average Bonchev–Trinajstić information content (AvgIpc) is 2.18. The van der Waals surface area contributed by atoms with Crippen LogP contribution in [0, 0.1) is 11.8 Å². The van der Waals surface area contributed by atoms with Crippen LogP contribution in [0.15, 0.2) is 0 Å². The number of methoxy groups -OCH3 is 1. The fourth-order valence-corrected chi connectivity index (χ4v) is 1.90. The molecule has 14 heavy (non-hydrogen) atoms. The van der Waals surface area contributed by atoms with Gasteiger partial charge in [0.2, 0.25) is 0 Å². The van der Waals surface area contributed by atoms with Crippen molar-refractivity contribution in [2.24, 2.45) is 11.8 Å². The normalized spacial score (nSPS) is 27.7. The first-order chi connectivity index (χ1) is 6.65. The lowest BCUT2D eigenvalue weighted by atomic mass is 9.79. The van der Waals surface area contributed by atoms with Gasteiger partial charge >= 0.3 is 0 Å². The summed E-state index contributed by atoms with van der Waals surface area (Å²) < 4.78 is 4.83. The molecular formula is C11H18O3. The zero-order chi connectivity index (χ0) is 10.6. The van der Waals surface area contributed by atoms with Gasteiger partial charge in [0.05, 0.1) is 12.5 Å². The molecule has 0 amide bonds. The van der Waals surface area contributed by atoms with Gasteiger partial charge in [0.1, 0.15) is 11.6 Å². The van der Waals surface area contributed by atoms with Crippen molar-refractivity contribution in [2.75, 3.05) is 13.7 Å². The molecule has 1 aliphatic rings. The molecular weight excluding hydrogens is 180 g/mol. The maximum Gasteiger partial charge on any atom is 0.145 e. The van der Waals surface area contributed by atoms with Gasteiger partial charge in [-0.05, 0) is 18.8 Å². The molecule has 0 aliphatic heterocycles. The maximum absolute atomic E-state index is 11.6. The fraction of sp³-hybridized carbons (Fsp3) is 0.818. The van der Waals surface area contributed by atoms with Crippen molar-refractivity contribution in [3.8, 4) is 0 Å². The molecule has 3 heteroatoms. The van der Waals surface area contributed by atoms with Crippen molar-refractivity contribution in [3.63, 3.8) is 0 Å². The van der Waals surface area contributed by atoms with Crippen LogP contribution in [-0.2, 0) is 14.3 Å². The van der Waals surface area contributed by atoms with Crippen molar-refractivity contribution in [1.82, 2.24) is 0 Å². The second-order valence-electron chi connectivity index (χ2n) is 4.11. The smallest absolute Gasteiger partial charge is 0.145 e. The number of ketones is 2. The Morgan fingerprint density at radius 3 is 2.93 bits per heavy atom. The van der Waals surface area contributed by atoms with Crippen molar-refractivity contribution in [1.29, 1.82) is 0 Å². The maximum atomic E-state index is 11.6. The minimum Gasteiger partial charge on any atom is -0.384 e. The molecule has 2 atom stereocenters. The zero-order valence-corrected chi connectivity index (χ0v) is 8.91. The highest BCUT2D eigenvalue weighted by Gasteiger charge is 2.31. The Kier molecular flexibility index (Phi) is 4.26. The van der Waals surface area contributed by atoms with Crippen LogP contribution >= 0.6 is 0 Å². The van der Waals surface area contributed by atoms with Gasteiger partial charge in [-0.1, -0.05) is 6.92 Å². The standard InChI is InChI=1S/C11H18O3/c1-8-3-4-10(12)9(7-8)11(13)5-6-14-2/h8-9H,3-7H2,1-2H3. The van der Waals surface area contributed by atoms with Crippen LogP contribution < -0.4 is 0 Å². The van der Waals surface area contributed by atoms with Crippen LogP contribution in [0.25, 0.3) is 0 Å². The lowest BCUT2D eigenvalue weighted by molar-refractivity contribution is -0.135. The molecule has 1 aliphatic carbocycles. The molecule has 1 rings (SSSR count). The highest BCUT2D eigenvalue weighted by molar-refractivity contribution is 6.02. The molecule has 0 saturated heterocycles. The molecule has 0 aromatic carbocycles. The lowest BCUT2D eigenvalue weighted by Crippen LogP contribution is -2.30. The first-order valence-electron chi connectivity index (χ1n) is 5.19. The van der Waals surface area contributed by atoms with Gasteiger partial charge in [-0.2, -0.15) is 0 Å². The third-order valence-corrected chi connectivity index (χ3v) is 2.85. The number of rotatable bonds is 4. The minimum absolute atomic E-state index is 0.0587. The molecule has 0 spiro atoms. The zero-order valence-electron chi connectivity index (χ0n) is 8.91. The summed E-state index contributed by atoms with van der Waals surface area (Å²) in [7, 11) is 1.57. The number of carbonyl (C=O) groups excluding carboxylic acids is 2. The monoisotopic (exact) mass is 198 g/mol. The highest BCUT2D eigenvalue weighted by Crippen LogP contribution is 2.27. The van der Waals surface area contributed by atoms with Crippen LogP contribution in [-0.4, -0.2) is 25.3 Å². The Bertz CT molecular complexity index is 223. The number of hydrogen-bond acceptors (Lipinski definition) is 3. The number of carbonyl (C=O) groups is 2. The molecule has 3 nitrogen and oxygen atoms in total. The van der Waals surface area contributed by atoms with Crippen molar-refractivity contribution in [3.05, 3.63) is 0 Å². The van der Waals surface area contributed by atoms with E-state index in [0.29, 0.717) is 25.4 Å². The molecule has 1 fully saturated rings. The largest absolute Gasteiger partial charge is 0.384 e. The summed E-state index contributed by atoms with van der Waals surface area (Å²) in [6.07, 6.45) is 2.62. The molecule has 80 valence electrons. The summed E-state index contributed by atoms with van der Waals surface area (Å²) in [5, 5.41) is 0. The van der Waals surface area contributed by atoms with Gasteiger partial charge in [0, 0.05) is 20.0 Å². The van der Waals surface area contributed by atoms with Gasteiger partial charge in [0.25, 0.3) is 0 Å². The topological polar surface area (TPSA) is 43.4 Å². The van der Waals surface area contributed by atoms with Crippen LogP contribution in [0.1, 0.15) is 32.6 Å². The van der Waals surface area contributed by atoms with E-state index in [-0.39, 0.29) is 17.5 Å². The van der Waals surface area contributed by atoms with Crippen LogP contribution in [0.2, 0.25) is 0 Å². The number of hydrogen-bond donors (Lipinski definition) is 0. The van der Waals surface area contributed by atoms with E-state index in [2.05, 4.69) is 6.92 Å². The van der Waals surface area contributed by atoms with Crippen molar-refractivity contribution < 1.29 is 14.3 Å². The molecule has 0 N–H and O–H groups in total. The summed E-state index contributed by atoms with van der Waals surface area (Å²) in [6, 6.07) is 0. The third kappa shape index (κ3) is 2.91. The Morgan fingerprint density at radius 2 is 2.29 bits per heavy atom. The quantitative estimate of drug-likeness (QED) is 0.644. The average molecular weight is 198 g/mol. The van der Waals surface area contributed by atoms with Gasteiger partial charge in [-0.3, -0.25) is 9.59 Å². The van der Waals surface area contributed by atoms with E-state index in [1.165, 1.54) is 0 Å². The Labute approximate surface area is 84.8 Å². The second-order valence-corrected chi connectivity index (χ2v) is 4.11. The van der Waals surface area contributed by atoms with Crippen LogP contribution in [0.5, 0.6) is 0 Å². The van der Waals surface area contributed by atoms with Crippen LogP contribution in [0.3, 0.4) is 0 Å². The minimum atomic E-state index is -0.339. The van der Waals surface area contributed by atoms with E-state index in [9.17, 15) is 9.59 Å². The van der Waals surface area contributed by atoms with Crippen LogP contribution in [0.4, 0.5) is 0 Å². The Hall–Kier alpha value is -0.700.